The van der Waals surface area contributed by atoms with Crippen LogP contribution in [0.5, 0.6) is 5.75 Å². The molecule has 0 radical (unpaired) electrons. The summed E-state index contributed by atoms with van der Waals surface area (Å²) in [6.45, 7) is 4.47. The summed E-state index contributed by atoms with van der Waals surface area (Å²) in [5.74, 6) is 3.53. The Morgan fingerprint density at radius 2 is 2.24 bits per heavy atom. The van der Waals surface area contributed by atoms with Gasteiger partial charge in [-0.3, -0.25) is 5.32 Å². The molecular weight excluding hydrogens is 212 g/mol. The number of benzene rings is 1. The first-order valence-corrected chi connectivity index (χ1v) is 5.69. The second kappa shape index (κ2) is 6.29. The van der Waals surface area contributed by atoms with Crippen LogP contribution in [0.2, 0.25) is 0 Å². The van der Waals surface area contributed by atoms with E-state index in [1.165, 1.54) is 0 Å². The number of nitrogens with two attached hydrogens (primary N) is 1. The lowest BCUT2D eigenvalue weighted by atomic mass is 10.0. The summed E-state index contributed by atoms with van der Waals surface area (Å²) in [6, 6.07) is 6.12. The zero-order valence-electron chi connectivity index (χ0n) is 10.7. The fraction of sp³-hybridized carbons (Fsp3) is 0.429. The van der Waals surface area contributed by atoms with Crippen LogP contribution in [0.1, 0.15) is 24.1 Å². The number of hydrogen-bond donors (Lipinski definition) is 2. The third kappa shape index (κ3) is 3.48. The Labute approximate surface area is 103 Å². The molecule has 92 valence electrons. The van der Waals surface area contributed by atoms with Gasteiger partial charge in [0, 0.05) is 12.6 Å². The highest BCUT2D eigenvalue weighted by molar-refractivity contribution is 5.37. The summed E-state index contributed by atoms with van der Waals surface area (Å²) >= 11 is 0. The minimum absolute atomic E-state index is 0.00552. The van der Waals surface area contributed by atoms with Crippen molar-refractivity contribution < 1.29 is 4.74 Å². The van der Waals surface area contributed by atoms with Crippen molar-refractivity contribution in [2.24, 2.45) is 5.73 Å². The third-order valence-electron chi connectivity index (χ3n) is 2.76. The Morgan fingerprint density at radius 1 is 1.53 bits per heavy atom. The minimum Gasteiger partial charge on any atom is -0.496 e. The number of hydrogen-bond acceptors (Lipinski definition) is 3. The largest absolute Gasteiger partial charge is 0.496 e. The lowest BCUT2D eigenvalue weighted by Crippen LogP contribution is -2.34. The topological polar surface area (TPSA) is 47.3 Å². The van der Waals surface area contributed by atoms with Gasteiger partial charge in [0.15, 0.2) is 0 Å². The Kier molecular flexibility index (Phi) is 5.02. The molecule has 0 aromatic heterocycles. The van der Waals surface area contributed by atoms with Crippen molar-refractivity contribution in [1.29, 1.82) is 0 Å². The van der Waals surface area contributed by atoms with Gasteiger partial charge in [-0.25, -0.2) is 0 Å². The van der Waals surface area contributed by atoms with E-state index < -0.39 is 0 Å². The van der Waals surface area contributed by atoms with Crippen molar-refractivity contribution in [3.63, 3.8) is 0 Å². The molecule has 1 aromatic carbocycles. The van der Waals surface area contributed by atoms with Gasteiger partial charge in [0.1, 0.15) is 5.75 Å². The molecule has 1 rings (SSSR count). The maximum Gasteiger partial charge on any atom is 0.121 e. The number of ether oxygens (including phenoxy) is 1. The summed E-state index contributed by atoms with van der Waals surface area (Å²) < 4.78 is 5.23. The first-order valence-electron chi connectivity index (χ1n) is 5.69. The van der Waals surface area contributed by atoms with Crippen molar-refractivity contribution in [3.8, 4) is 18.1 Å². The van der Waals surface area contributed by atoms with Crippen LogP contribution in [0.4, 0.5) is 0 Å². The average molecular weight is 232 g/mol. The number of rotatable bonds is 5. The van der Waals surface area contributed by atoms with Crippen molar-refractivity contribution in [3.05, 3.63) is 29.3 Å². The number of aryl methyl sites for hydroxylation is 1. The monoisotopic (exact) mass is 232 g/mol. The second-order valence-corrected chi connectivity index (χ2v) is 4.07. The maximum absolute atomic E-state index is 5.77. The van der Waals surface area contributed by atoms with E-state index >= 15 is 0 Å². The Morgan fingerprint density at radius 3 is 2.71 bits per heavy atom. The van der Waals surface area contributed by atoms with Gasteiger partial charge in [-0.05, 0) is 31.0 Å². The number of methoxy groups -OCH3 is 1. The zero-order valence-corrected chi connectivity index (χ0v) is 10.7. The van der Waals surface area contributed by atoms with E-state index in [1.807, 2.05) is 26.0 Å². The number of nitrogens with one attached hydrogen (secondary N) is 1. The molecule has 3 heteroatoms. The summed E-state index contributed by atoms with van der Waals surface area (Å²) in [6.07, 6.45) is 5.36. The molecule has 0 saturated heterocycles. The van der Waals surface area contributed by atoms with Gasteiger partial charge < -0.3 is 10.5 Å². The highest BCUT2D eigenvalue weighted by Crippen LogP contribution is 2.22. The van der Waals surface area contributed by atoms with Crippen LogP contribution < -0.4 is 15.8 Å². The molecule has 2 unspecified atom stereocenters. The quantitative estimate of drug-likeness (QED) is 0.758. The molecule has 0 heterocycles. The molecule has 0 bridgehead atoms. The van der Waals surface area contributed by atoms with Crippen LogP contribution >= 0.6 is 0 Å². The van der Waals surface area contributed by atoms with E-state index in [1.54, 1.807) is 7.11 Å². The Hall–Kier alpha value is -1.50. The minimum atomic E-state index is 0.00552. The van der Waals surface area contributed by atoms with Crippen LogP contribution in [0, 0.1) is 19.3 Å². The van der Waals surface area contributed by atoms with Gasteiger partial charge in [0.2, 0.25) is 0 Å². The summed E-state index contributed by atoms with van der Waals surface area (Å²) in [5, 5.41) is 3.30. The maximum atomic E-state index is 5.77. The highest BCUT2D eigenvalue weighted by atomic mass is 16.5. The summed E-state index contributed by atoms with van der Waals surface area (Å²) in [4.78, 5) is 0. The molecule has 17 heavy (non-hydrogen) atoms. The smallest absolute Gasteiger partial charge is 0.121 e. The predicted molar refractivity (Wildman–Crippen MR) is 71.0 cm³/mol. The lowest BCUT2D eigenvalue weighted by molar-refractivity contribution is 0.411. The van der Waals surface area contributed by atoms with Crippen LogP contribution in [0.3, 0.4) is 0 Å². The molecule has 0 aliphatic carbocycles. The van der Waals surface area contributed by atoms with Gasteiger partial charge >= 0.3 is 0 Å². The van der Waals surface area contributed by atoms with Gasteiger partial charge in [-0.1, -0.05) is 18.1 Å². The fourth-order valence-electron chi connectivity index (χ4n) is 1.77. The van der Waals surface area contributed by atoms with Crippen LogP contribution in [0.25, 0.3) is 0 Å². The van der Waals surface area contributed by atoms with Crippen LogP contribution in [0.15, 0.2) is 18.2 Å². The second-order valence-electron chi connectivity index (χ2n) is 4.07. The molecule has 3 N–H and O–H groups in total. The molecule has 2 atom stereocenters. The van der Waals surface area contributed by atoms with Gasteiger partial charge in [0.25, 0.3) is 0 Å². The van der Waals surface area contributed by atoms with Gasteiger partial charge in [-0.2, -0.15) is 0 Å². The van der Waals surface area contributed by atoms with Crippen molar-refractivity contribution in [1.82, 2.24) is 5.32 Å². The predicted octanol–water partition coefficient (Wildman–Crippen LogP) is 1.61. The highest BCUT2D eigenvalue weighted by Gasteiger charge is 2.12. The molecule has 0 aliphatic heterocycles. The Balaban J connectivity index is 2.89. The first-order chi connectivity index (χ1) is 8.12. The SMILES string of the molecule is C#CC(C)NC(CN)c1ccc(OC)c(C)c1. The number of terminal acetylenes is 1. The van der Waals surface area contributed by atoms with Crippen molar-refractivity contribution in [2.45, 2.75) is 25.9 Å². The molecule has 0 saturated carbocycles. The lowest BCUT2D eigenvalue weighted by Gasteiger charge is -2.20. The summed E-state index contributed by atoms with van der Waals surface area (Å²) in [5.41, 5.74) is 7.99. The van der Waals surface area contributed by atoms with Crippen molar-refractivity contribution in [2.75, 3.05) is 13.7 Å². The molecule has 1 aromatic rings. The van der Waals surface area contributed by atoms with Gasteiger partial charge in [-0.15, -0.1) is 6.42 Å². The fourth-order valence-corrected chi connectivity index (χ4v) is 1.77. The first kappa shape index (κ1) is 13.6. The normalized spacial score (nSPS) is 13.8. The van der Waals surface area contributed by atoms with E-state index in [0.717, 1.165) is 16.9 Å². The molecule has 3 nitrogen and oxygen atoms in total. The van der Waals surface area contributed by atoms with E-state index in [2.05, 4.69) is 17.3 Å². The molecule has 0 spiro atoms. The van der Waals surface area contributed by atoms with Crippen molar-refractivity contribution >= 4 is 0 Å². The average Bonchev–Trinajstić information content (AvgIpc) is 2.35. The molecule has 0 aliphatic rings. The standard InChI is InChI=1S/C14H20N2O/c1-5-11(3)16-13(9-15)12-6-7-14(17-4)10(2)8-12/h1,6-8,11,13,16H,9,15H2,2-4H3. The van der Waals surface area contributed by atoms with E-state index in [9.17, 15) is 0 Å². The molecule has 0 amide bonds. The van der Waals surface area contributed by atoms with E-state index in [4.69, 9.17) is 16.9 Å². The van der Waals surface area contributed by atoms with Crippen LogP contribution in [-0.2, 0) is 0 Å². The van der Waals surface area contributed by atoms with E-state index in [0.29, 0.717) is 6.54 Å². The molecule has 0 fully saturated rings. The Bertz CT molecular complexity index is 409. The van der Waals surface area contributed by atoms with Gasteiger partial charge in [0.05, 0.1) is 13.2 Å². The third-order valence-corrected chi connectivity index (χ3v) is 2.76. The zero-order chi connectivity index (χ0) is 12.8. The van der Waals surface area contributed by atoms with E-state index in [-0.39, 0.29) is 12.1 Å². The molecular formula is C14H20N2O. The summed E-state index contributed by atoms with van der Waals surface area (Å²) in [7, 11) is 1.67. The van der Waals surface area contributed by atoms with Crippen LogP contribution in [-0.4, -0.2) is 19.7 Å².